The highest BCUT2D eigenvalue weighted by Gasteiger charge is 2.15. The van der Waals surface area contributed by atoms with Crippen molar-refractivity contribution >= 4 is 33.2 Å². The number of carbonyl (C=O) groups is 1. The van der Waals surface area contributed by atoms with E-state index in [0.717, 1.165) is 20.7 Å². The zero-order valence-corrected chi connectivity index (χ0v) is 13.4. The Labute approximate surface area is 125 Å². The number of aryl methyl sites for hydroxylation is 2. The summed E-state index contributed by atoms with van der Waals surface area (Å²) in [7, 11) is 0. The molecule has 1 unspecified atom stereocenters. The van der Waals surface area contributed by atoms with Gasteiger partial charge < -0.3 is 5.32 Å². The van der Waals surface area contributed by atoms with Gasteiger partial charge in [0.05, 0.1) is 6.04 Å². The number of carbonyl (C=O) groups excluding carboxylic acids is 1. The summed E-state index contributed by atoms with van der Waals surface area (Å²) >= 11 is 4.96. The molecule has 0 bridgehead atoms. The maximum atomic E-state index is 12.3. The number of benzene rings is 1. The lowest BCUT2D eigenvalue weighted by Crippen LogP contribution is -2.27. The van der Waals surface area contributed by atoms with Crippen molar-refractivity contribution in [3.63, 3.8) is 0 Å². The molecular formula is C14H15BrN2OS. The van der Waals surface area contributed by atoms with Gasteiger partial charge in [0, 0.05) is 21.1 Å². The number of nitrogens with zero attached hydrogens (tertiary/aromatic N) is 1. The fraction of sp³-hybridized carbons (Fsp3) is 0.286. The number of aromatic nitrogens is 1. The number of hydrogen-bond acceptors (Lipinski definition) is 3. The molecule has 0 radical (unpaired) electrons. The molecule has 0 spiro atoms. The van der Waals surface area contributed by atoms with Gasteiger partial charge in [-0.25, -0.2) is 4.98 Å². The Kier molecular flexibility index (Phi) is 4.37. The lowest BCUT2D eigenvalue weighted by molar-refractivity contribution is 0.0939. The lowest BCUT2D eigenvalue weighted by Gasteiger charge is -2.13. The van der Waals surface area contributed by atoms with E-state index in [0.29, 0.717) is 5.56 Å². The van der Waals surface area contributed by atoms with E-state index in [1.54, 1.807) is 11.3 Å². The monoisotopic (exact) mass is 338 g/mol. The first kappa shape index (κ1) is 14.2. The van der Waals surface area contributed by atoms with Gasteiger partial charge in [0.1, 0.15) is 5.01 Å². The summed E-state index contributed by atoms with van der Waals surface area (Å²) in [5.74, 6) is -0.0702. The Morgan fingerprint density at radius 1 is 1.42 bits per heavy atom. The molecule has 0 saturated carbocycles. The van der Waals surface area contributed by atoms with Crippen LogP contribution in [0.3, 0.4) is 0 Å². The van der Waals surface area contributed by atoms with Crippen molar-refractivity contribution in [2.75, 3.05) is 0 Å². The molecule has 0 saturated heterocycles. The van der Waals surface area contributed by atoms with Crippen molar-refractivity contribution in [2.24, 2.45) is 0 Å². The first-order valence-corrected chi connectivity index (χ1v) is 7.63. The average molecular weight is 339 g/mol. The third-order valence-corrected chi connectivity index (χ3v) is 4.44. The highest BCUT2D eigenvalue weighted by molar-refractivity contribution is 9.10. The van der Waals surface area contributed by atoms with E-state index in [1.807, 2.05) is 44.4 Å². The van der Waals surface area contributed by atoms with Crippen molar-refractivity contribution in [3.05, 3.63) is 49.9 Å². The minimum Gasteiger partial charge on any atom is -0.343 e. The molecule has 100 valence electrons. The van der Waals surface area contributed by atoms with Crippen molar-refractivity contribution in [1.82, 2.24) is 10.3 Å². The number of thiazole rings is 1. The van der Waals surface area contributed by atoms with Crippen molar-refractivity contribution < 1.29 is 4.79 Å². The molecule has 0 aliphatic rings. The van der Waals surface area contributed by atoms with Gasteiger partial charge in [-0.1, -0.05) is 22.0 Å². The SMILES string of the molecule is Cc1csc(C(C)NC(=O)c2cc(Br)ccc2C)n1. The van der Waals surface area contributed by atoms with Gasteiger partial charge in [-0.2, -0.15) is 0 Å². The predicted octanol–water partition coefficient (Wildman–Crippen LogP) is 4.01. The topological polar surface area (TPSA) is 42.0 Å². The fourth-order valence-electron chi connectivity index (χ4n) is 1.75. The molecule has 5 heteroatoms. The molecule has 2 rings (SSSR count). The highest BCUT2D eigenvalue weighted by atomic mass is 79.9. The molecule has 1 heterocycles. The second kappa shape index (κ2) is 5.84. The van der Waals surface area contributed by atoms with Crippen molar-refractivity contribution in [3.8, 4) is 0 Å². The summed E-state index contributed by atoms with van der Waals surface area (Å²) in [4.78, 5) is 16.6. The lowest BCUT2D eigenvalue weighted by atomic mass is 10.1. The maximum absolute atomic E-state index is 12.3. The van der Waals surface area contributed by atoms with E-state index in [1.165, 1.54) is 0 Å². The third kappa shape index (κ3) is 3.42. The van der Waals surface area contributed by atoms with E-state index in [9.17, 15) is 4.79 Å². The Morgan fingerprint density at radius 3 is 2.79 bits per heavy atom. The Hall–Kier alpha value is -1.20. The van der Waals surface area contributed by atoms with Gasteiger partial charge in [0.25, 0.3) is 5.91 Å². The Bertz CT molecular complexity index is 609. The van der Waals surface area contributed by atoms with Crippen LogP contribution in [0, 0.1) is 13.8 Å². The van der Waals surface area contributed by atoms with E-state index in [-0.39, 0.29) is 11.9 Å². The average Bonchev–Trinajstić information content (AvgIpc) is 2.79. The van der Waals surface area contributed by atoms with Crippen LogP contribution in [0.15, 0.2) is 28.1 Å². The van der Waals surface area contributed by atoms with E-state index >= 15 is 0 Å². The first-order valence-electron chi connectivity index (χ1n) is 5.96. The highest BCUT2D eigenvalue weighted by Crippen LogP contribution is 2.20. The van der Waals surface area contributed by atoms with Gasteiger partial charge in [-0.15, -0.1) is 11.3 Å². The van der Waals surface area contributed by atoms with Crippen LogP contribution in [-0.4, -0.2) is 10.9 Å². The van der Waals surface area contributed by atoms with Gasteiger partial charge in [0.2, 0.25) is 0 Å². The first-order chi connectivity index (χ1) is 8.97. The van der Waals surface area contributed by atoms with E-state index < -0.39 is 0 Å². The number of amides is 1. The van der Waals surface area contributed by atoms with Gasteiger partial charge in [-0.3, -0.25) is 4.79 Å². The van der Waals surface area contributed by atoms with Crippen LogP contribution in [0.4, 0.5) is 0 Å². The molecule has 0 aliphatic heterocycles. The van der Waals surface area contributed by atoms with Crippen molar-refractivity contribution in [1.29, 1.82) is 0 Å². The standard InChI is InChI=1S/C14H15BrN2OS/c1-8-4-5-11(15)6-12(8)13(18)17-10(3)14-16-9(2)7-19-14/h4-7,10H,1-3H3,(H,17,18). The molecule has 19 heavy (non-hydrogen) atoms. The molecule has 1 N–H and O–H groups in total. The molecule has 3 nitrogen and oxygen atoms in total. The molecular weight excluding hydrogens is 324 g/mol. The smallest absolute Gasteiger partial charge is 0.252 e. The Balaban J connectivity index is 2.15. The number of nitrogens with one attached hydrogen (secondary N) is 1. The third-order valence-electron chi connectivity index (χ3n) is 2.80. The molecule has 1 aromatic carbocycles. The van der Waals surface area contributed by atoms with Crippen LogP contribution in [0.2, 0.25) is 0 Å². The van der Waals surface area contributed by atoms with Crippen molar-refractivity contribution in [2.45, 2.75) is 26.8 Å². The number of rotatable bonds is 3. The summed E-state index contributed by atoms with van der Waals surface area (Å²) < 4.78 is 0.904. The minimum absolute atomic E-state index is 0.0702. The summed E-state index contributed by atoms with van der Waals surface area (Å²) in [5, 5.41) is 5.90. The van der Waals surface area contributed by atoms with Crippen LogP contribution >= 0.6 is 27.3 Å². The van der Waals surface area contributed by atoms with Crippen LogP contribution in [0.25, 0.3) is 0 Å². The number of halogens is 1. The molecule has 2 aromatic rings. The molecule has 1 amide bonds. The van der Waals surface area contributed by atoms with Gasteiger partial charge in [-0.05, 0) is 38.5 Å². The summed E-state index contributed by atoms with van der Waals surface area (Å²) in [6.07, 6.45) is 0. The number of hydrogen-bond donors (Lipinski definition) is 1. The predicted molar refractivity (Wildman–Crippen MR) is 81.6 cm³/mol. The van der Waals surface area contributed by atoms with Crippen LogP contribution in [-0.2, 0) is 0 Å². The quantitative estimate of drug-likeness (QED) is 0.918. The van der Waals surface area contributed by atoms with Crippen LogP contribution in [0.5, 0.6) is 0 Å². The summed E-state index contributed by atoms with van der Waals surface area (Å²) in [6.45, 7) is 5.83. The fourth-order valence-corrected chi connectivity index (χ4v) is 2.91. The zero-order valence-electron chi connectivity index (χ0n) is 11.0. The normalized spacial score (nSPS) is 12.2. The Morgan fingerprint density at radius 2 is 2.16 bits per heavy atom. The summed E-state index contributed by atoms with van der Waals surface area (Å²) in [5.41, 5.74) is 2.64. The molecule has 1 atom stereocenters. The second-order valence-corrected chi connectivity index (χ2v) is 6.29. The molecule has 0 aliphatic carbocycles. The van der Waals surface area contributed by atoms with Crippen LogP contribution < -0.4 is 5.32 Å². The van der Waals surface area contributed by atoms with E-state index in [2.05, 4.69) is 26.2 Å². The summed E-state index contributed by atoms with van der Waals surface area (Å²) in [6, 6.07) is 5.62. The van der Waals surface area contributed by atoms with Crippen LogP contribution in [0.1, 0.15) is 39.6 Å². The largest absolute Gasteiger partial charge is 0.343 e. The zero-order chi connectivity index (χ0) is 14.0. The molecule has 0 fully saturated rings. The maximum Gasteiger partial charge on any atom is 0.252 e. The minimum atomic E-state index is -0.0791. The second-order valence-electron chi connectivity index (χ2n) is 4.48. The molecule has 1 aromatic heterocycles. The van der Waals surface area contributed by atoms with E-state index in [4.69, 9.17) is 0 Å². The van der Waals surface area contributed by atoms with Gasteiger partial charge >= 0.3 is 0 Å². The van der Waals surface area contributed by atoms with Gasteiger partial charge in [0.15, 0.2) is 0 Å².